The molecule has 0 aliphatic rings. The van der Waals surface area contributed by atoms with Crippen LogP contribution < -0.4 is 5.32 Å². The summed E-state index contributed by atoms with van der Waals surface area (Å²) >= 11 is 1.97. The molecule has 0 aliphatic heterocycles. The van der Waals surface area contributed by atoms with Crippen molar-refractivity contribution in [3.63, 3.8) is 0 Å². The van der Waals surface area contributed by atoms with Crippen LogP contribution in [0.5, 0.6) is 0 Å². The van der Waals surface area contributed by atoms with Crippen molar-refractivity contribution in [2.45, 2.75) is 52.5 Å². The topological polar surface area (TPSA) is 12.0 Å². The molecule has 0 bridgehead atoms. The summed E-state index contributed by atoms with van der Waals surface area (Å²) in [6.07, 6.45) is 4.95. The molecule has 0 saturated heterocycles. The Balaban J connectivity index is 2.55. The first kappa shape index (κ1) is 13.7. The second kappa shape index (κ2) is 7.08. The van der Waals surface area contributed by atoms with Crippen LogP contribution >= 0.6 is 11.3 Å². The predicted molar refractivity (Wildman–Crippen MR) is 74.3 cm³/mol. The average Bonchev–Trinajstić information content (AvgIpc) is 2.73. The van der Waals surface area contributed by atoms with Crippen LogP contribution in [0.2, 0.25) is 0 Å². The molecule has 0 radical (unpaired) electrons. The zero-order valence-corrected chi connectivity index (χ0v) is 11.9. The van der Waals surface area contributed by atoms with E-state index in [0.29, 0.717) is 6.04 Å². The van der Waals surface area contributed by atoms with Gasteiger partial charge < -0.3 is 5.32 Å². The van der Waals surface area contributed by atoms with Crippen molar-refractivity contribution in [1.82, 2.24) is 5.32 Å². The van der Waals surface area contributed by atoms with Gasteiger partial charge in [-0.25, -0.2) is 0 Å². The minimum Gasteiger partial charge on any atom is -0.316 e. The molecule has 0 spiro atoms. The quantitative estimate of drug-likeness (QED) is 0.761. The lowest BCUT2D eigenvalue weighted by molar-refractivity contribution is 0.373. The number of aryl methyl sites for hydroxylation is 1. The van der Waals surface area contributed by atoms with Crippen molar-refractivity contribution in [2.24, 2.45) is 5.92 Å². The second-order valence-electron chi connectivity index (χ2n) is 4.59. The van der Waals surface area contributed by atoms with E-state index in [4.69, 9.17) is 0 Å². The summed E-state index contributed by atoms with van der Waals surface area (Å²) < 4.78 is 0. The highest BCUT2D eigenvalue weighted by molar-refractivity contribution is 7.11. The number of likely N-dealkylation sites (N-methyl/N-ethyl adjacent to an activating group) is 1. The molecule has 1 heterocycles. The number of hydrogen-bond acceptors (Lipinski definition) is 2. The van der Waals surface area contributed by atoms with Gasteiger partial charge in [-0.3, -0.25) is 0 Å². The van der Waals surface area contributed by atoms with E-state index in [1.165, 1.54) is 35.4 Å². The van der Waals surface area contributed by atoms with Gasteiger partial charge >= 0.3 is 0 Å². The molecule has 0 amide bonds. The second-order valence-corrected chi connectivity index (χ2v) is 5.84. The summed E-state index contributed by atoms with van der Waals surface area (Å²) in [6, 6.07) is 5.20. The molecule has 2 atom stereocenters. The lowest BCUT2D eigenvalue weighted by Gasteiger charge is -2.22. The number of thiophene rings is 1. The van der Waals surface area contributed by atoms with Gasteiger partial charge in [0, 0.05) is 15.8 Å². The van der Waals surface area contributed by atoms with E-state index in [0.717, 1.165) is 5.92 Å². The summed E-state index contributed by atoms with van der Waals surface area (Å²) in [6.45, 7) is 6.85. The minimum absolute atomic E-state index is 0.628. The molecule has 0 saturated carbocycles. The lowest BCUT2D eigenvalue weighted by atomic mass is 9.94. The third kappa shape index (κ3) is 3.91. The van der Waals surface area contributed by atoms with E-state index in [1.807, 2.05) is 11.3 Å². The summed E-state index contributed by atoms with van der Waals surface area (Å²) in [4.78, 5) is 3.03. The standard InChI is InChI=1S/C14H25NS/c1-5-7-11(3)14(15-4)10-13-9-8-12(6-2)16-13/h8-9,11,14-15H,5-7,10H2,1-4H3. The molecule has 92 valence electrons. The zero-order chi connectivity index (χ0) is 12.0. The van der Waals surface area contributed by atoms with Crippen molar-refractivity contribution in [1.29, 1.82) is 0 Å². The summed E-state index contributed by atoms with van der Waals surface area (Å²) in [5.41, 5.74) is 0. The van der Waals surface area contributed by atoms with Crippen LogP contribution in [0, 0.1) is 5.92 Å². The fraction of sp³-hybridized carbons (Fsp3) is 0.714. The van der Waals surface area contributed by atoms with Crippen molar-refractivity contribution in [3.8, 4) is 0 Å². The molecule has 1 aromatic heterocycles. The Morgan fingerprint density at radius 3 is 2.44 bits per heavy atom. The maximum Gasteiger partial charge on any atom is 0.0138 e. The van der Waals surface area contributed by atoms with Crippen LogP contribution in [0.1, 0.15) is 43.4 Å². The van der Waals surface area contributed by atoms with Gasteiger partial charge in [0.2, 0.25) is 0 Å². The fourth-order valence-electron chi connectivity index (χ4n) is 2.18. The minimum atomic E-state index is 0.628. The number of rotatable bonds is 7. The van der Waals surface area contributed by atoms with Gasteiger partial charge in [0.05, 0.1) is 0 Å². The van der Waals surface area contributed by atoms with Crippen molar-refractivity contribution >= 4 is 11.3 Å². The normalized spacial score (nSPS) is 15.0. The molecule has 16 heavy (non-hydrogen) atoms. The van der Waals surface area contributed by atoms with Gasteiger partial charge in [-0.05, 0) is 44.4 Å². The van der Waals surface area contributed by atoms with Gasteiger partial charge in [-0.2, -0.15) is 0 Å². The van der Waals surface area contributed by atoms with Crippen LogP contribution in [-0.2, 0) is 12.8 Å². The molecule has 2 heteroatoms. The highest BCUT2D eigenvalue weighted by Gasteiger charge is 2.15. The van der Waals surface area contributed by atoms with Crippen LogP contribution in [0.4, 0.5) is 0 Å². The van der Waals surface area contributed by atoms with Crippen LogP contribution in [-0.4, -0.2) is 13.1 Å². The molecule has 0 aromatic carbocycles. The summed E-state index contributed by atoms with van der Waals surface area (Å²) in [5.74, 6) is 0.766. The van der Waals surface area contributed by atoms with Gasteiger partial charge in [-0.15, -0.1) is 11.3 Å². The Hall–Kier alpha value is -0.340. The molecule has 0 fully saturated rings. The molecule has 1 rings (SSSR count). The van der Waals surface area contributed by atoms with Crippen LogP contribution in [0.3, 0.4) is 0 Å². The Morgan fingerprint density at radius 1 is 1.25 bits per heavy atom. The van der Waals surface area contributed by atoms with Crippen molar-refractivity contribution in [3.05, 3.63) is 21.9 Å². The van der Waals surface area contributed by atoms with Gasteiger partial charge in [0.1, 0.15) is 0 Å². The largest absolute Gasteiger partial charge is 0.316 e. The van der Waals surface area contributed by atoms with Crippen molar-refractivity contribution < 1.29 is 0 Å². The van der Waals surface area contributed by atoms with Gasteiger partial charge in [-0.1, -0.05) is 27.2 Å². The Kier molecular flexibility index (Phi) is 6.07. The Morgan fingerprint density at radius 2 is 1.94 bits per heavy atom. The van der Waals surface area contributed by atoms with Gasteiger partial charge in [0.15, 0.2) is 0 Å². The molecular weight excluding hydrogens is 214 g/mol. The summed E-state index contributed by atoms with van der Waals surface area (Å²) in [5, 5.41) is 3.47. The smallest absolute Gasteiger partial charge is 0.0138 e. The first-order valence-electron chi connectivity index (χ1n) is 6.46. The third-order valence-corrected chi connectivity index (χ3v) is 4.54. The highest BCUT2D eigenvalue weighted by Crippen LogP contribution is 2.21. The van der Waals surface area contributed by atoms with E-state index < -0.39 is 0 Å². The lowest BCUT2D eigenvalue weighted by Crippen LogP contribution is -2.33. The Bertz CT molecular complexity index is 293. The SMILES string of the molecule is CCCC(C)C(Cc1ccc(CC)s1)NC. The predicted octanol–water partition coefficient (Wildman–Crippen LogP) is 3.88. The van der Waals surface area contributed by atoms with E-state index >= 15 is 0 Å². The molecule has 1 N–H and O–H groups in total. The van der Waals surface area contributed by atoms with Crippen molar-refractivity contribution in [2.75, 3.05) is 7.05 Å². The molecule has 0 aliphatic carbocycles. The highest BCUT2D eigenvalue weighted by atomic mass is 32.1. The van der Waals surface area contributed by atoms with E-state index in [-0.39, 0.29) is 0 Å². The fourth-order valence-corrected chi connectivity index (χ4v) is 3.20. The van der Waals surface area contributed by atoms with Gasteiger partial charge in [0.25, 0.3) is 0 Å². The molecular formula is C14H25NS. The summed E-state index contributed by atoms with van der Waals surface area (Å²) in [7, 11) is 2.09. The molecule has 2 unspecified atom stereocenters. The first-order valence-corrected chi connectivity index (χ1v) is 7.27. The maximum atomic E-state index is 3.47. The number of nitrogens with one attached hydrogen (secondary N) is 1. The van der Waals surface area contributed by atoms with E-state index in [9.17, 15) is 0 Å². The Labute approximate surface area is 104 Å². The molecule has 1 aromatic rings. The number of hydrogen-bond donors (Lipinski definition) is 1. The van der Waals surface area contributed by atoms with Crippen LogP contribution in [0.25, 0.3) is 0 Å². The maximum absolute atomic E-state index is 3.47. The molecule has 1 nitrogen and oxygen atoms in total. The average molecular weight is 239 g/mol. The van der Waals surface area contributed by atoms with E-state index in [2.05, 4.69) is 45.3 Å². The first-order chi connectivity index (χ1) is 7.71. The van der Waals surface area contributed by atoms with Crippen LogP contribution in [0.15, 0.2) is 12.1 Å². The van der Waals surface area contributed by atoms with E-state index in [1.54, 1.807) is 0 Å². The zero-order valence-electron chi connectivity index (χ0n) is 11.0. The monoisotopic (exact) mass is 239 g/mol. The third-order valence-electron chi connectivity index (χ3n) is 3.29.